The third-order valence-corrected chi connectivity index (χ3v) is 4.02. The maximum atomic E-state index is 12.6. The first-order chi connectivity index (χ1) is 13.0. The van der Waals surface area contributed by atoms with Crippen molar-refractivity contribution in [2.75, 3.05) is 24.3 Å². The second kappa shape index (κ2) is 7.82. The summed E-state index contributed by atoms with van der Waals surface area (Å²) in [5, 5.41) is 2.87. The van der Waals surface area contributed by atoms with Crippen LogP contribution >= 0.6 is 0 Å². The normalized spacial score (nSPS) is 10.5. The molecule has 2 N–H and O–H groups in total. The van der Waals surface area contributed by atoms with Crippen molar-refractivity contribution >= 4 is 17.4 Å². The number of carbonyl (C=O) groups is 1. The van der Waals surface area contributed by atoms with E-state index in [0.29, 0.717) is 29.3 Å². The lowest BCUT2D eigenvalue weighted by Crippen LogP contribution is -2.15. The molecule has 0 bridgehead atoms. The molecule has 0 unspecified atom stereocenters. The fourth-order valence-corrected chi connectivity index (χ4v) is 2.58. The van der Waals surface area contributed by atoms with Crippen molar-refractivity contribution in [2.45, 2.75) is 13.3 Å². The molecular formula is C20H21N5O2. The molecule has 0 aliphatic heterocycles. The van der Waals surface area contributed by atoms with Gasteiger partial charge in [-0.1, -0.05) is 19.1 Å². The number of rotatable bonds is 5. The SMILES string of the molecule is CCc1cc(=O)[nH]c(-c2cccc(NC(=O)c3ccnc(N(C)C)c3)c2)n1. The number of nitrogens with one attached hydrogen (secondary N) is 2. The van der Waals surface area contributed by atoms with E-state index in [0.717, 1.165) is 11.3 Å². The number of anilines is 2. The van der Waals surface area contributed by atoms with Crippen LogP contribution in [0.1, 0.15) is 23.0 Å². The molecule has 0 fully saturated rings. The molecule has 27 heavy (non-hydrogen) atoms. The predicted molar refractivity (Wildman–Crippen MR) is 106 cm³/mol. The molecule has 1 amide bonds. The zero-order valence-corrected chi connectivity index (χ0v) is 15.5. The number of hydrogen-bond donors (Lipinski definition) is 2. The minimum atomic E-state index is -0.235. The summed E-state index contributed by atoms with van der Waals surface area (Å²) in [6.07, 6.45) is 2.27. The highest BCUT2D eigenvalue weighted by Gasteiger charge is 2.10. The third-order valence-electron chi connectivity index (χ3n) is 4.02. The Bertz CT molecular complexity index is 1030. The minimum Gasteiger partial charge on any atom is -0.363 e. The highest BCUT2D eigenvalue weighted by Crippen LogP contribution is 2.20. The van der Waals surface area contributed by atoms with E-state index in [2.05, 4.69) is 20.3 Å². The number of H-pyrrole nitrogens is 1. The standard InChI is InChI=1S/C20H21N5O2/c1-4-15-12-18(26)24-19(22-15)13-6-5-7-16(10-13)23-20(27)14-8-9-21-17(11-14)25(2)3/h5-12H,4H2,1-3H3,(H,23,27)(H,22,24,26). The van der Waals surface area contributed by atoms with E-state index in [1.54, 1.807) is 36.5 Å². The maximum Gasteiger partial charge on any atom is 0.255 e. The molecule has 2 aromatic heterocycles. The molecule has 0 saturated heterocycles. The van der Waals surface area contributed by atoms with Crippen LogP contribution in [0, 0.1) is 0 Å². The van der Waals surface area contributed by atoms with Crippen molar-refractivity contribution in [3.63, 3.8) is 0 Å². The first-order valence-electron chi connectivity index (χ1n) is 8.61. The van der Waals surface area contributed by atoms with E-state index < -0.39 is 0 Å². The van der Waals surface area contributed by atoms with Gasteiger partial charge in [-0.05, 0) is 30.7 Å². The molecule has 1 aromatic carbocycles. The van der Waals surface area contributed by atoms with Crippen LogP contribution in [0.2, 0.25) is 0 Å². The van der Waals surface area contributed by atoms with Crippen molar-refractivity contribution in [1.82, 2.24) is 15.0 Å². The van der Waals surface area contributed by atoms with Gasteiger partial charge in [-0.25, -0.2) is 9.97 Å². The minimum absolute atomic E-state index is 0.195. The Kier molecular flexibility index (Phi) is 5.30. The highest BCUT2D eigenvalue weighted by atomic mass is 16.1. The first-order valence-corrected chi connectivity index (χ1v) is 8.61. The zero-order chi connectivity index (χ0) is 19.4. The molecule has 7 nitrogen and oxygen atoms in total. The molecule has 0 radical (unpaired) electrons. The van der Waals surface area contributed by atoms with Gasteiger partial charge in [0.1, 0.15) is 11.6 Å². The Hall–Kier alpha value is -3.48. The van der Waals surface area contributed by atoms with E-state index in [1.807, 2.05) is 32.0 Å². The van der Waals surface area contributed by atoms with Gasteiger partial charge in [0.05, 0.1) is 0 Å². The molecular weight excluding hydrogens is 342 g/mol. The second-order valence-corrected chi connectivity index (χ2v) is 6.27. The molecule has 3 aromatic rings. The van der Waals surface area contributed by atoms with Gasteiger partial charge in [-0.2, -0.15) is 0 Å². The van der Waals surface area contributed by atoms with E-state index in [4.69, 9.17) is 0 Å². The van der Waals surface area contributed by atoms with Crippen molar-refractivity contribution in [1.29, 1.82) is 0 Å². The number of aromatic amines is 1. The molecule has 0 spiro atoms. The van der Waals surface area contributed by atoms with Crippen molar-refractivity contribution < 1.29 is 4.79 Å². The molecule has 0 aliphatic carbocycles. The van der Waals surface area contributed by atoms with Crippen LogP contribution in [0.25, 0.3) is 11.4 Å². The molecule has 138 valence electrons. The van der Waals surface area contributed by atoms with E-state index in [1.165, 1.54) is 6.07 Å². The summed E-state index contributed by atoms with van der Waals surface area (Å²) in [7, 11) is 3.73. The predicted octanol–water partition coefficient (Wildman–Crippen LogP) is 2.71. The largest absolute Gasteiger partial charge is 0.363 e. The number of pyridine rings is 1. The Morgan fingerprint density at radius 3 is 2.74 bits per heavy atom. The number of aryl methyl sites for hydroxylation is 1. The lowest BCUT2D eigenvalue weighted by Gasteiger charge is -2.12. The van der Waals surface area contributed by atoms with Crippen LogP contribution in [0.15, 0.2) is 53.5 Å². The van der Waals surface area contributed by atoms with Gasteiger partial charge in [0, 0.05) is 48.9 Å². The van der Waals surface area contributed by atoms with Gasteiger partial charge >= 0.3 is 0 Å². The zero-order valence-electron chi connectivity index (χ0n) is 15.5. The monoisotopic (exact) mass is 363 g/mol. The third kappa shape index (κ3) is 4.38. The molecule has 0 atom stereocenters. The van der Waals surface area contributed by atoms with Crippen molar-refractivity contribution in [2.24, 2.45) is 0 Å². The van der Waals surface area contributed by atoms with E-state index >= 15 is 0 Å². The Labute approximate surface area is 157 Å². The summed E-state index contributed by atoms with van der Waals surface area (Å²) >= 11 is 0. The van der Waals surface area contributed by atoms with Crippen molar-refractivity contribution in [3.05, 3.63) is 70.3 Å². The van der Waals surface area contributed by atoms with Gasteiger partial charge in [0.25, 0.3) is 11.5 Å². The maximum absolute atomic E-state index is 12.6. The van der Waals surface area contributed by atoms with E-state index in [9.17, 15) is 9.59 Å². The first kappa shape index (κ1) is 18.3. The summed E-state index contributed by atoms with van der Waals surface area (Å²) < 4.78 is 0. The summed E-state index contributed by atoms with van der Waals surface area (Å²) in [5.41, 5.74) is 2.38. The Balaban J connectivity index is 1.86. The number of amides is 1. The van der Waals surface area contributed by atoms with Gasteiger partial charge in [0.15, 0.2) is 0 Å². The van der Waals surface area contributed by atoms with Crippen LogP contribution in [0.4, 0.5) is 11.5 Å². The van der Waals surface area contributed by atoms with Gasteiger partial charge in [-0.3, -0.25) is 9.59 Å². The molecule has 0 aliphatic rings. The van der Waals surface area contributed by atoms with Crippen molar-refractivity contribution in [3.8, 4) is 11.4 Å². The fraction of sp³-hybridized carbons (Fsp3) is 0.200. The average molecular weight is 363 g/mol. The van der Waals surface area contributed by atoms with Crippen LogP contribution in [-0.4, -0.2) is 35.0 Å². The Morgan fingerprint density at radius 2 is 2.00 bits per heavy atom. The number of nitrogens with zero attached hydrogens (tertiary/aromatic N) is 3. The average Bonchev–Trinajstić information content (AvgIpc) is 2.67. The summed E-state index contributed by atoms with van der Waals surface area (Å²) in [4.78, 5) is 37.6. The summed E-state index contributed by atoms with van der Waals surface area (Å²) in [6.45, 7) is 1.94. The lowest BCUT2D eigenvalue weighted by molar-refractivity contribution is 0.102. The fourth-order valence-electron chi connectivity index (χ4n) is 2.58. The molecule has 2 heterocycles. The lowest BCUT2D eigenvalue weighted by atomic mass is 10.1. The molecule has 0 saturated carbocycles. The highest BCUT2D eigenvalue weighted by molar-refractivity contribution is 6.04. The van der Waals surface area contributed by atoms with Crippen LogP contribution < -0.4 is 15.8 Å². The summed E-state index contributed by atoms with van der Waals surface area (Å²) in [6, 6.07) is 12.1. The number of carbonyl (C=O) groups excluding carboxylic acids is 1. The van der Waals surface area contributed by atoms with Crippen LogP contribution in [0.5, 0.6) is 0 Å². The van der Waals surface area contributed by atoms with E-state index in [-0.39, 0.29) is 11.5 Å². The second-order valence-electron chi connectivity index (χ2n) is 6.27. The van der Waals surface area contributed by atoms with Gasteiger partial charge in [0.2, 0.25) is 0 Å². The topological polar surface area (TPSA) is 91.0 Å². The van der Waals surface area contributed by atoms with Gasteiger partial charge < -0.3 is 15.2 Å². The number of hydrogen-bond acceptors (Lipinski definition) is 5. The smallest absolute Gasteiger partial charge is 0.255 e. The molecule has 3 rings (SSSR count). The Morgan fingerprint density at radius 1 is 1.19 bits per heavy atom. The summed E-state index contributed by atoms with van der Waals surface area (Å²) in [5.74, 6) is 0.949. The quantitative estimate of drug-likeness (QED) is 0.727. The number of aromatic nitrogens is 3. The molecule has 7 heteroatoms. The number of benzene rings is 1. The van der Waals surface area contributed by atoms with Gasteiger partial charge in [-0.15, -0.1) is 0 Å². The van der Waals surface area contributed by atoms with Crippen LogP contribution in [-0.2, 0) is 6.42 Å². The van der Waals surface area contributed by atoms with Crippen LogP contribution in [0.3, 0.4) is 0 Å².